The predicted molar refractivity (Wildman–Crippen MR) is 113 cm³/mol. The van der Waals surface area contributed by atoms with E-state index < -0.39 is 32.7 Å². The molecule has 8 nitrogen and oxygen atoms in total. The summed E-state index contributed by atoms with van der Waals surface area (Å²) in [6, 6.07) is 7.79. The molecule has 0 bridgehead atoms. The molecule has 11 heteroatoms. The minimum Gasteiger partial charge on any atom is -0.486 e. The Labute approximate surface area is 181 Å². The smallest absolute Gasteiger partial charge is 0.246 e. The zero-order valence-corrected chi connectivity index (χ0v) is 17.8. The van der Waals surface area contributed by atoms with Gasteiger partial charge in [-0.1, -0.05) is 23.5 Å². The number of hydrogen-bond acceptors (Lipinski definition) is 7. The number of sulfonamides is 1. The molecule has 31 heavy (non-hydrogen) atoms. The van der Waals surface area contributed by atoms with Gasteiger partial charge in [0.25, 0.3) is 0 Å². The summed E-state index contributed by atoms with van der Waals surface area (Å²) in [5.74, 6) is -0.111. The number of fused-ring (bicyclic) bond motifs is 2. The lowest BCUT2D eigenvalue weighted by atomic mass is 10.2. The second-order valence-electron chi connectivity index (χ2n) is 7.18. The standard InChI is InChI=1S/C20H18FN3O5S2/c21-12-4-1-2-6-18(12)31(26,27)24-7-3-5-14(24)19(25)23-20-22-13-10-15-16(11-17(13)30-20)29-9-8-28-15/h1-2,4,6,10-11,14H,3,5,7-9H2,(H,22,23,25). The molecule has 0 aliphatic carbocycles. The van der Waals surface area contributed by atoms with Crippen molar-refractivity contribution in [2.45, 2.75) is 23.8 Å². The number of nitrogens with zero attached hydrogens (tertiary/aromatic N) is 2. The van der Waals surface area contributed by atoms with Crippen molar-refractivity contribution in [3.05, 3.63) is 42.2 Å². The van der Waals surface area contributed by atoms with Gasteiger partial charge in [-0.25, -0.2) is 17.8 Å². The molecule has 1 fully saturated rings. The van der Waals surface area contributed by atoms with Crippen LogP contribution in [0.3, 0.4) is 0 Å². The van der Waals surface area contributed by atoms with E-state index in [1.165, 1.54) is 29.5 Å². The van der Waals surface area contributed by atoms with E-state index in [0.29, 0.717) is 48.2 Å². The van der Waals surface area contributed by atoms with E-state index in [9.17, 15) is 17.6 Å². The Morgan fingerprint density at radius 3 is 2.71 bits per heavy atom. The van der Waals surface area contributed by atoms with E-state index in [1.54, 1.807) is 6.07 Å². The highest BCUT2D eigenvalue weighted by atomic mass is 32.2. The molecule has 5 rings (SSSR count). The van der Waals surface area contributed by atoms with Gasteiger partial charge >= 0.3 is 0 Å². The van der Waals surface area contributed by atoms with Crippen molar-refractivity contribution in [2.75, 3.05) is 25.1 Å². The summed E-state index contributed by atoms with van der Waals surface area (Å²) in [6.45, 7) is 1.07. The summed E-state index contributed by atoms with van der Waals surface area (Å²) in [4.78, 5) is 16.9. The minimum absolute atomic E-state index is 0.149. The van der Waals surface area contributed by atoms with Crippen molar-refractivity contribution in [2.24, 2.45) is 0 Å². The lowest BCUT2D eigenvalue weighted by molar-refractivity contribution is -0.119. The molecule has 1 amide bonds. The molecule has 3 aromatic rings. The lowest BCUT2D eigenvalue weighted by Crippen LogP contribution is -2.43. The molecule has 3 heterocycles. The molecule has 2 aromatic carbocycles. The van der Waals surface area contributed by atoms with Gasteiger partial charge in [-0.05, 0) is 25.0 Å². The molecular formula is C20H18FN3O5S2. The second kappa shape index (κ2) is 7.74. The van der Waals surface area contributed by atoms with E-state index in [2.05, 4.69) is 10.3 Å². The molecule has 1 saturated heterocycles. The van der Waals surface area contributed by atoms with Crippen molar-refractivity contribution >= 4 is 42.6 Å². The van der Waals surface area contributed by atoms with E-state index >= 15 is 0 Å². The summed E-state index contributed by atoms with van der Waals surface area (Å²) in [5.41, 5.74) is 0.645. The fraction of sp³-hybridized carbons (Fsp3) is 0.300. The summed E-state index contributed by atoms with van der Waals surface area (Å²) in [7, 11) is -4.14. The maximum absolute atomic E-state index is 14.1. The fourth-order valence-electron chi connectivity index (χ4n) is 3.78. The molecule has 162 valence electrons. The normalized spacial score (nSPS) is 18.9. The van der Waals surface area contributed by atoms with Gasteiger partial charge in [0.05, 0.1) is 10.2 Å². The highest BCUT2D eigenvalue weighted by Crippen LogP contribution is 2.38. The number of ether oxygens (including phenoxy) is 2. The quantitative estimate of drug-likeness (QED) is 0.639. The van der Waals surface area contributed by atoms with Gasteiger partial charge in [0, 0.05) is 18.7 Å². The van der Waals surface area contributed by atoms with Crippen molar-refractivity contribution in [3.8, 4) is 11.5 Å². The largest absolute Gasteiger partial charge is 0.486 e. The maximum atomic E-state index is 14.1. The van der Waals surface area contributed by atoms with Crippen molar-refractivity contribution in [3.63, 3.8) is 0 Å². The van der Waals surface area contributed by atoms with Crippen molar-refractivity contribution in [1.29, 1.82) is 0 Å². The molecule has 1 aromatic heterocycles. The number of halogens is 1. The SMILES string of the molecule is O=C(Nc1nc2cc3c(cc2s1)OCCO3)C1CCCN1S(=O)(=O)c1ccccc1F. The van der Waals surface area contributed by atoms with Crippen LogP contribution in [-0.4, -0.2) is 49.4 Å². The Hall–Kier alpha value is -2.76. The lowest BCUT2D eigenvalue weighted by Gasteiger charge is -2.23. The average Bonchev–Trinajstić information content (AvgIpc) is 3.39. The number of aromatic nitrogens is 1. The molecule has 0 saturated carbocycles. The van der Waals surface area contributed by atoms with E-state index in [1.807, 2.05) is 6.07 Å². The molecule has 1 unspecified atom stereocenters. The fourth-order valence-corrected chi connectivity index (χ4v) is 6.38. The van der Waals surface area contributed by atoms with Gasteiger partial charge in [0.15, 0.2) is 16.6 Å². The zero-order valence-electron chi connectivity index (χ0n) is 16.2. The Morgan fingerprint density at radius 2 is 1.94 bits per heavy atom. The topological polar surface area (TPSA) is 97.8 Å². The number of carbonyl (C=O) groups is 1. The zero-order chi connectivity index (χ0) is 21.6. The van der Waals surface area contributed by atoms with Crippen LogP contribution in [0.4, 0.5) is 9.52 Å². The van der Waals surface area contributed by atoms with Gasteiger partial charge in [-0.2, -0.15) is 4.31 Å². The summed E-state index contributed by atoms with van der Waals surface area (Å²) in [6.07, 6.45) is 0.855. The van der Waals surface area contributed by atoms with Crippen LogP contribution in [0.1, 0.15) is 12.8 Å². The summed E-state index contributed by atoms with van der Waals surface area (Å²) in [5, 5.41) is 3.06. The molecule has 1 N–H and O–H groups in total. The van der Waals surface area contributed by atoms with Crippen LogP contribution >= 0.6 is 11.3 Å². The Morgan fingerprint density at radius 1 is 1.19 bits per heavy atom. The number of rotatable bonds is 4. The van der Waals surface area contributed by atoms with E-state index in [0.717, 1.165) is 15.1 Å². The number of hydrogen-bond donors (Lipinski definition) is 1. The first-order valence-corrected chi connectivity index (χ1v) is 12.0. The highest BCUT2D eigenvalue weighted by molar-refractivity contribution is 7.89. The van der Waals surface area contributed by atoms with Crippen LogP contribution < -0.4 is 14.8 Å². The number of anilines is 1. The molecular weight excluding hydrogens is 445 g/mol. The Bertz CT molecular complexity index is 1230. The van der Waals surface area contributed by atoms with Crippen LogP contribution in [-0.2, 0) is 14.8 Å². The second-order valence-corrected chi connectivity index (χ2v) is 10.1. The third-order valence-corrected chi connectivity index (χ3v) is 8.09. The number of amides is 1. The summed E-state index contributed by atoms with van der Waals surface area (Å²) < 4.78 is 53.1. The monoisotopic (exact) mass is 463 g/mol. The Kier molecular flexibility index (Phi) is 5.03. The first-order valence-electron chi connectivity index (χ1n) is 9.71. The number of carbonyl (C=O) groups excluding carboxylic acids is 1. The molecule has 2 aliphatic heterocycles. The van der Waals surface area contributed by atoms with Gasteiger partial charge in [0.1, 0.15) is 30.0 Å². The first-order chi connectivity index (χ1) is 14.9. The van der Waals surface area contributed by atoms with E-state index in [4.69, 9.17) is 9.47 Å². The van der Waals surface area contributed by atoms with Gasteiger partial charge in [-0.15, -0.1) is 0 Å². The number of nitrogens with one attached hydrogen (secondary N) is 1. The van der Waals surface area contributed by atoms with Crippen LogP contribution in [0, 0.1) is 5.82 Å². The summed E-state index contributed by atoms with van der Waals surface area (Å²) >= 11 is 1.26. The molecule has 0 radical (unpaired) electrons. The van der Waals surface area contributed by atoms with Crippen molar-refractivity contribution in [1.82, 2.24) is 9.29 Å². The van der Waals surface area contributed by atoms with E-state index in [-0.39, 0.29) is 6.54 Å². The van der Waals surface area contributed by atoms with Crippen LogP contribution in [0.5, 0.6) is 11.5 Å². The van der Waals surface area contributed by atoms with Crippen LogP contribution in [0.15, 0.2) is 41.3 Å². The third-order valence-electron chi connectivity index (χ3n) is 5.21. The maximum Gasteiger partial charge on any atom is 0.246 e. The Balaban J connectivity index is 1.39. The third kappa shape index (κ3) is 3.62. The molecule has 2 aliphatic rings. The van der Waals surface area contributed by atoms with Crippen molar-refractivity contribution < 1.29 is 27.1 Å². The molecule has 1 atom stereocenters. The van der Waals surface area contributed by atoms with Gasteiger partial charge in [0.2, 0.25) is 15.9 Å². The van der Waals surface area contributed by atoms with Gasteiger partial charge in [-0.3, -0.25) is 4.79 Å². The highest BCUT2D eigenvalue weighted by Gasteiger charge is 2.40. The number of thiazole rings is 1. The van der Waals surface area contributed by atoms with Gasteiger partial charge < -0.3 is 14.8 Å². The van der Waals surface area contributed by atoms with Crippen LogP contribution in [0.2, 0.25) is 0 Å². The predicted octanol–water partition coefficient (Wildman–Crippen LogP) is 3.00. The average molecular weight is 464 g/mol. The first kappa shape index (κ1) is 20.2. The minimum atomic E-state index is -4.14. The number of benzene rings is 2. The molecule has 0 spiro atoms. The van der Waals surface area contributed by atoms with Crippen LogP contribution in [0.25, 0.3) is 10.2 Å².